The fourth-order valence-electron chi connectivity index (χ4n) is 7.97. The average Bonchev–Trinajstić information content (AvgIpc) is 4.20. The Balaban J connectivity index is 0.000000172. The molecular weight excluding hydrogens is 953 g/mol. The van der Waals surface area contributed by atoms with Crippen LogP contribution >= 0.6 is 0 Å². The fraction of sp³-hybridized carbons (Fsp3) is 0.511. The molecule has 2 saturated carbocycles. The number of carbonyl (C=O) groups excluding carboxylic acids is 2. The van der Waals surface area contributed by atoms with Crippen LogP contribution in [0.3, 0.4) is 0 Å². The highest BCUT2D eigenvalue weighted by Crippen LogP contribution is 2.35. The number of likely N-dealkylation sites (tertiary alicyclic amines) is 2. The van der Waals surface area contributed by atoms with Gasteiger partial charge in [0, 0.05) is 80.6 Å². The number of aromatic nitrogens is 10. The maximum Gasteiger partial charge on any atom is 0.410 e. The summed E-state index contributed by atoms with van der Waals surface area (Å²) < 4.78 is 79.7. The number of rotatable bonds is 14. The maximum atomic E-state index is 12.4. The number of amides is 2. The fourth-order valence-corrected chi connectivity index (χ4v) is 7.97. The molecule has 21 nitrogen and oxygen atoms in total. The van der Waals surface area contributed by atoms with Crippen LogP contribution in [-0.4, -0.2) is 139 Å². The zero-order valence-electron chi connectivity index (χ0n) is 40.2. The van der Waals surface area contributed by atoms with Crippen LogP contribution in [-0.2, 0) is 27.4 Å². The molecule has 6 aromatic rings. The van der Waals surface area contributed by atoms with Crippen LogP contribution in [0.2, 0.25) is 0 Å². The first-order valence-corrected chi connectivity index (χ1v) is 23.6. The van der Waals surface area contributed by atoms with E-state index in [0.29, 0.717) is 103 Å². The molecule has 0 unspecified atom stereocenters. The van der Waals surface area contributed by atoms with Gasteiger partial charge in [0.1, 0.15) is 42.1 Å². The number of carbonyl (C=O) groups is 3. The summed E-state index contributed by atoms with van der Waals surface area (Å²) in [7, 11) is 0. The van der Waals surface area contributed by atoms with Gasteiger partial charge in [-0.3, -0.25) is 9.59 Å². The molecule has 4 fully saturated rings. The van der Waals surface area contributed by atoms with Crippen molar-refractivity contribution in [1.82, 2.24) is 58.8 Å². The van der Waals surface area contributed by atoms with Gasteiger partial charge in [0.25, 0.3) is 0 Å². The summed E-state index contributed by atoms with van der Waals surface area (Å²) in [6.07, 6.45) is 9.98. The zero-order valence-corrected chi connectivity index (χ0v) is 40.2. The van der Waals surface area contributed by atoms with Gasteiger partial charge in [-0.1, -0.05) is 0 Å². The highest BCUT2D eigenvalue weighted by Gasteiger charge is 2.38. The third kappa shape index (κ3) is 12.5. The van der Waals surface area contributed by atoms with E-state index < -0.39 is 24.8 Å². The van der Waals surface area contributed by atoms with Crippen molar-refractivity contribution in [3.63, 3.8) is 0 Å². The van der Waals surface area contributed by atoms with E-state index in [0.717, 1.165) is 32.1 Å². The monoisotopic (exact) mass is 1010 g/mol. The number of nitrogens with zero attached hydrogens (tertiary/aromatic N) is 12. The molecule has 0 aromatic carbocycles. The van der Waals surface area contributed by atoms with Crippen LogP contribution < -0.4 is 18.9 Å². The van der Waals surface area contributed by atoms with Crippen molar-refractivity contribution in [3.8, 4) is 46.3 Å². The minimum atomic E-state index is -2.95. The van der Waals surface area contributed by atoms with Crippen molar-refractivity contribution in [1.29, 1.82) is 0 Å². The molecule has 0 radical (unpaired) electrons. The van der Waals surface area contributed by atoms with Crippen molar-refractivity contribution in [2.45, 2.75) is 117 Å². The molecule has 2 atom stereocenters. The van der Waals surface area contributed by atoms with Gasteiger partial charge in [-0.2, -0.15) is 27.5 Å². The molecule has 8 heterocycles. The molecule has 2 saturated heterocycles. The van der Waals surface area contributed by atoms with E-state index >= 15 is 0 Å². The number of pyridine rings is 2. The van der Waals surface area contributed by atoms with Gasteiger partial charge >= 0.3 is 25.3 Å². The van der Waals surface area contributed by atoms with Gasteiger partial charge in [-0.15, -0.1) is 0 Å². The van der Waals surface area contributed by atoms with E-state index in [1.54, 1.807) is 17.0 Å². The number of fused-ring (bicyclic) bond motifs is 2. The van der Waals surface area contributed by atoms with E-state index in [9.17, 15) is 31.9 Å². The van der Waals surface area contributed by atoms with Crippen LogP contribution in [0.4, 0.5) is 22.4 Å². The normalized spacial score (nSPS) is 17.7. The van der Waals surface area contributed by atoms with E-state index in [1.807, 2.05) is 48.7 Å². The van der Waals surface area contributed by atoms with Crippen molar-refractivity contribution < 1.29 is 60.7 Å². The second-order valence-electron chi connectivity index (χ2n) is 18.2. The lowest BCUT2D eigenvalue weighted by atomic mass is 10.2. The predicted octanol–water partition coefficient (Wildman–Crippen LogP) is 7.28. The van der Waals surface area contributed by atoms with Crippen LogP contribution in [0.15, 0.2) is 49.3 Å². The number of hydrogen-bond acceptors (Lipinski definition) is 16. The predicted molar refractivity (Wildman–Crippen MR) is 247 cm³/mol. The average molecular weight is 1010 g/mol. The number of imidazole rings is 2. The highest BCUT2D eigenvalue weighted by atomic mass is 19.3. The molecule has 2 amide bonds. The number of aliphatic carboxylic acids is 1. The Morgan fingerprint density at radius 2 is 1.11 bits per heavy atom. The lowest BCUT2D eigenvalue weighted by Gasteiger charge is -2.24. The number of alkyl halides is 4. The molecule has 0 bridgehead atoms. The van der Waals surface area contributed by atoms with Gasteiger partial charge < -0.3 is 47.7 Å². The van der Waals surface area contributed by atoms with Crippen LogP contribution in [0.5, 0.6) is 23.5 Å². The smallest absolute Gasteiger partial charge is 0.410 e. The number of hydrogen-bond donors (Lipinski definition) is 1. The maximum absolute atomic E-state index is 12.4. The Labute approximate surface area is 409 Å². The van der Waals surface area contributed by atoms with Crippen LogP contribution in [0, 0.1) is 11.8 Å². The molecule has 384 valence electrons. The third-order valence-electron chi connectivity index (χ3n) is 11.7. The first kappa shape index (κ1) is 50.9. The van der Waals surface area contributed by atoms with Crippen LogP contribution in [0.25, 0.3) is 45.1 Å². The summed E-state index contributed by atoms with van der Waals surface area (Å²) in [6.45, 7) is 6.70. The first-order valence-electron chi connectivity index (χ1n) is 23.6. The van der Waals surface area contributed by atoms with Gasteiger partial charge in [0.15, 0.2) is 22.3 Å². The summed E-state index contributed by atoms with van der Waals surface area (Å²) >= 11 is 0. The zero-order chi connectivity index (χ0) is 51.3. The van der Waals surface area contributed by atoms with Gasteiger partial charge in [-0.05, 0) is 72.4 Å². The Kier molecular flexibility index (Phi) is 15.5. The quantitative estimate of drug-likeness (QED) is 0.106. The van der Waals surface area contributed by atoms with E-state index in [2.05, 4.69) is 49.3 Å². The number of aryl methyl sites for hydroxylation is 2. The van der Waals surface area contributed by atoms with Crippen molar-refractivity contribution in [3.05, 3.63) is 49.3 Å². The molecule has 25 heteroatoms. The van der Waals surface area contributed by atoms with Gasteiger partial charge in [0.2, 0.25) is 29.4 Å². The van der Waals surface area contributed by atoms with E-state index in [-0.39, 0.29) is 47.8 Å². The topological polar surface area (TPSA) is 237 Å². The van der Waals surface area contributed by atoms with Crippen molar-refractivity contribution >= 4 is 40.3 Å². The van der Waals surface area contributed by atoms with E-state index in [4.69, 9.17) is 19.3 Å². The Morgan fingerprint density at radius 1 is 0.653 bits per heavy atom. The number of carboxylic acid groups (broad SMARTS) is 1. The summed E-state index contributed by atoms with van der Waals surface area (Å²) in [6, 6.07) is 5.94. The SMILES string of the molecule is CCn1c(-c2ccc(OC(F)F)nc2)nc2c(O[C@H]3CCN(C(=O)C4CC4)C3)ncnc21.CCn1c(-c2ccc(OC(F)F)nc2)nc2c(O[C@H]3CCN(C(=O)OC(C)(C)C)C3)ncnc21.O=C(O)C1CC1. The highest BCUT2D eigenvalue weighted by molar-refractivity contribution is 5.83. The van der Waals surface area contributed by atoms with Gasteiger partial charge in [0.05, 0.1) is 19.0 Å². The molecular formula is C47H54F4N12O9. The molecule has 72 heavy (non-hydrogen) atoms. The molecule has 1 N–H and O–H groups in total. The lowest BCUT2D eigenvalue weighted by Crippen LogP contribution is -2.36. The molecule has 2 aliphatic heterocycles. The van der Waals surface area contributed by atoms with Gasteiger partial charge in [-0.25, -0.2) is 34.7 Å². The third-order valence-corrected chi connectivity index (χ3v) is 11.7. The summed E-state index contributed by atoms with van der Waals surface area (Å²) in [5, 5.41) is 8.05. The lowest BCUT2D eigenvalue weighted by molar-refractivity contribution is -0.138. The first-order chi connectivity index (χ1) is 34.5. The Hall–Kier alpha value is -7.47. The molecule has 2 aliphatic carbocycles. The number of ether oxygens (including phenoxy) is 5. The Bertz CT molecular complexity index is 2860. The summed E-state index contributed by atoms with van der Waals surface area (Å²) in [5.41, 5.74) is 2.79. The minimum Gasteiger partial charge on any atom is -0.481 e. The van der Waals surface area contributed by atoms with E-state index in [1.165, 1.54) is 37.2 Å². The largest absolute Gasteiger partial charge is 0.481 e. The summed E-state index contributed by atoms with van der Waals surface area (Å²) in [4.78, 5) is 72.4. The molecule has 0 spiro atoms. The summed E-state index contributed by atoms with van der Waals surface area (Å²) in [5.74, 6) is 1.22. The second-order valence-corrected chi connectivity index (χ2v) is 18.2. The second kappa shape index (κ2) is 21.9. The molecule has 4 aliphatic rings. The van der Waals surface area contributed by atoms with Crippen molar-refractivity contribution in [2.75, 3.05) is 26.2 Å². The molecule has 10 rings (SSSR count). The Morgan fingerprint density at radius 3 is 1.49 bits per heavy atom. The number of carboxylic acids is 1. The van der Waals surface area contributed by atoms with Crippen molar-refractivity contribution in [2.24, 2.45) is 11.8 Å². The van der Waals surface area contributed by atoms with Crippen LogP contribution in [0.1, 0.15) is 73.1 Å². The molecule has 6 aromatic heterocycles. The minimum absolute atomic E-state index is 0.0185. The number of halogens is 4. The standard InChI is InChI=1S/C22H26F2N6O4.C21H22F2N6O3.C4H6O2/c1-5-30-17(13-6-7-15(25-10-13)33-20(23)24)28-16-18(30)26-12-27-19(16)32-14-8-9-29(11-14)21(31)34-22(2,3)4;1-2-29-17(13-5-6-15(24-9-13)32-21(22)23)27-16-18(29)25-11-26-19(16)31-14-7-8-28(10-14)20(30)12-3-4-12;5-4(6)3-1-2-3/h6-7,10,12,14,20H,5,8-9,11H2,1-4H3;5-6,9,11-12,14,21H,2-4,7-8,10H2,1H3;3H,1-2H2,(H,5,6)/t2*14-;/m00./s1.